The number of benzene rings is 2. The summed E-state index contributed by atoms with van der Waals surface area (Å²) >= 11 is 0. The van der Waals surface area contributed by atoms with E-state index in [1.165, 1.54) is 11.1 Å². The molecule has 1 aliphatic carbocycles. The molecule has 2 atom stereocenters. The largest absolute Gasteiger partial charge is 0.352 e. The van der Waals surface area contributed by atoms with Crippen LogP contribution in [0.1, 0.15) is 61.3 Å². The van der Waals surface area contributed by atoms with Gasteiger partial charge in [-0.05, 0) is 43.7 Å². The third kappa shape index (κ3) is 4.75. The van der Waals surface area contributed by atoms with Crippen molar-refractivity contribution < 1.29 is 9.59 Å². The molecular weight excluding hydrogens is 372 g/mol. The Hall–Kier alpha value is -2.62. The molecule has 4 nitrogen and oxygen atoms in total. The summed E-state index contributed by atoms with van der Waals surface area (Å²) in [4.78, 5) is 28.3. The summed E-state index contributed by atoms with van der Waals surface area (Å²) in [7, 11) is 0. The summed E-state index contributed by atoms with van der Waals surface area (Å²) in [6.07, 6.45) is 5.90. The molecule has 1 saturated heterocycles. The van der Waals surface area contributed by atoms with E-state index in [4.69, 9.17) is 0 Å². The fraction of sp³-hybridized carbons (Fsp3) is 0.462. The van der Waals surface area contributed by atoms with Gasteiger partial charge in [-0.15, -0.1) is 0 Å². The van der Waals surface area contributed by atoms with Crippen LogP contribution < -0.4 is 5.32 Å². The number of aryl methyl sites for hydroxylation is 1. The van der Waals surface area contributed by atoms with Crippen molar-refractivity contribution in [2.24, 2.45) is 11.8 Å². The van der Waals surface area contributed by atoms with E-state index < -0.39 is 0 Å². The second kappa shape index (κ2) is 9.46. The van der Waals surface area contributed by atoms with Crippen LogP contribution in [0.5, 0.6) is 0 Å². The Kier molecular flexibility index (Phi) is 6.51. The van der Waals surface area contributed by atoms with Gasteiger partial charge in [0.2, 0.25) is 11.8 Å². The lowest BCUT2D eigenvalue weighted by atomic mass is 9.87. The number of nitrogens with one attached hydrogen (secondary N) is 1. The van der Waals surface area contributed by atoms with Crippen LogP contribution in [-0.4, -0.2) is 23.3 Å². The van der Waals surface area contributed by atoms with Gasteiger partial charge >= 0.3 is 0 Å². The van der Waals surface area contributed by atoms with Gasteiger partial charge in [0.25, 0.3) is 0 Å². The first-order chi connectivity index (χ1) is 14.6. The molecule has 2 aromatic carbocycles. The number of piperidine rings is 1. The van der Waals surface area contributed by atoms with Crippen LogP contribution in [-0.2, 0) is 16.1 Å². The zero-order valence-electron chi connectivity index (χ0n) is 17.8. The van der Waals surface area contributed by atoms with Crippen LogP contribution in [0.3, 0.4) is 0 Å². The van der Waals surface area contributed by atoms with Crippen molar-refractivity contribution in [3.05, 3.63) is 71.3 Å². The van der Waals surface area contributed by atoms with Crippen molar-refractivity contribution in [2.75, 3.05) is 6.54 Å². The fourth-order valence-corrected chi connectivity index (χ4v) is 5.01. The maximum absolute atomic E-state index is 13.4. The standard InChI is InChI=1S/C26H32N2O2/c1-19-8-7-9-20(16-19)17-27-25(29)23-14-15-24(21-10-3-2-4-11-21)28(18-23)26(30)22-12-5-6-13-22/h2-4,7-11,16,22-24H,5-6,12-15,17-18H2,1H3,(H,27,29). The predicted molar refractivity (Wildman–Crippen MR) is 119 cm³/mol. The van der Waals surface area contributed by atoms with Crippen molar-refractivity contribution in [2.45, 2.75) is 58.0 Å². The van der Waals surface area contributed by atoms with Gasteiger partial charge in [0, 0.05) is 19.0 Å². The molecule has 0 spiro atoms. The maximum Gasteiger partial charge on any atom is 0.226 e. The Labute approximate surface area is 179 Å². The van der Waals surface area contributed by atoms with E-state index in [1.807, 2.05) is 35.2 Å². The van der Waals surface area contributed by atoms with E-state index >= 15 is 0 Å². The van der Waals surface area contributed by atoms with E-state index in [0.29, 0.717) is 13.1 Å². The van der Waals surface area contributed by atoms with E-state index in [0.717, 1.165) is 44.1 Å². The highest BCUT2D eigenvalue weighted by atomic mass is 16.2. The summed E-state index contributed by atoms with van der Waals surface area (Å²) in [6, 6.07) is 18.6. The average molecular weight is 405 g/mol. The third-order valence-electron chi connectivity index (χ3n) is 6.67. The molecule has 2 aromatic rings. The normalized spacial score (nSPS) is 22.1. The first-order valence-corrected chi connectivity index (χ1v) is 11.3. The first-order valence-electron chi connectivity index (χ1n) is 11.3. The monoisotopic (exact) mass is 404 g/mol. The van der Waals surface area contributed by atoms with Gasteiger partial charge in [-0.1, -0.05) is 73.0 Å². The lowest BCUT2D eigenvalue weighted by Gasteiger charge is -2.40. The quantitative estimate of drug-likeness (QED) is 0.780. The minimum Gasteiger partial charge on any atom is -0.352 e. The molecule has 2 aliphatic rings. The van der Waals surface area contributed by atoms with Gasteiger partial charge < -0.3 is 10.2 Å². The number of amides is 2. The smallest absolute Gasteiger partial charge is 0.226 e. The second-order valence-electron chi connectivity index (χ2n) is 8.88. The molecular formula is C26H32N2O2. The van der Waals surface area contributed by atoms with E-state index in [2.05, 4.69) is 36.5 Å². The SMILES string of the molecule is Cc1cccc(CNC(=O)C2CCC(c3ccccc3)N(C(=O)C3CCCC3)C2)c1. The predicted octanol–water partition coefficient (Wildman–Crippen LogP) is 4.78. The molecule has 1 saturated carbocycles. The Morgan fingerprint density at radius 3 is 2.43 bits per heavy atom. The maximum atomic E-state index is 13.4. The number of hydrogen-bond acceptors (Lipinski definition) is 2. The number of rotatable bonds is 5. The molecule has 0 aromatic heterocycles. The topological polar surface area (TPSA) is 49.4 Å². The highest BCUT2D eigenvalue weighted by molar-refractivity contribution is 5.83. The molecule has 30 heavy (non-hydrogen) atoms. The van der Waals surface area contributed by atoms with Crippen molar-refractivity contribution >= 4 is 11.8 Å². The summed E-state index contributed by atoms with van der Waals surface area (Å²) in [5.74, 6) is 0.301. The van der Waals surface area contributed by atoms with Gasteiger partial charge in [-0.3, -0.25) is 9.59 Å². The molecule has 0 radical (unpaired) electrons. The summed E-state index contributed by atoms with van der Waals surface area (Å²) < 4.78 is 0. The minimum absolute atomic E-state index is 0.0623. The van der Waals surface area contributed by atoms with Gasteiger partial charge in [0.1, 0.15) is 0 Å². The van der Waals surface area contributed by atoms with Gasteiger partial charge in [-0.2, -0.15) is 0 Å². The number of hydrogen-bond donors (Lipinski definition) is 1. The number of nitrogens with zero attached hydrogens (tertiary/aromatic N) is 1. The molecule has 0 bridgehead atoms. The lowest BCUT2D eigenvalue weighted by molar-refractivity contribution is -0.142. The first kappa shape index (κ1) is 20.6. The Morgan fingerprint density at radius 1 is 0.933 bits per heavy atom. The Balaban J connectivity index is 1.45. The lowest BCUT2D eigenvalue weighted by Crippen LogP contribution is -2.48. The van der Waals surface area contributed by atoms with Gasteiger partial charge in [-0.25, -0.2) is 0 Å². The third-order valence-corrected chi connectivity index (χ3v) is 6.67. The highest BCUT2D eigenvalue weighted by Gasteiger charge is 2.38. The molecule has 4 heteroatoms. The number of likely N-dealkylation sites (tertiary alicyclic amines) is 1. The fourth-order valence-electron chi connectivity index (χ4n) is 5.01. The summed E-state index contributed by atoms with van der Waals surface area (Å²) in [5.41, 5.74) is 3.49. The van der Waals surface area contributed by atoms with Crippen LogP contribution in [0.25, 0.3) is 0 Å². The van der Waals surface area contributed by atoms with Crippen LogP contribution >= 0.6 is 0 Å². The molecule has 2 amide bonds. The average Bonchev–Trinajstić information content (AvgIpc) is 3.32. The molecule has 1 heterocycles. The Bertz CT molecular complexity index is 874. The van der Waals surface area contributed by atoms with Crippen molar-refractivity contribution in [3.8, 4) is 0 Å². The second-order valence-corrected chi connectivity index (χ2v) is 8.88. The van der Waals surface area contributed by atoms with Gasteiger partial charge in [0.05, 0.1) is 12.0 Å². The molecule has 2 unspecified atom stereocenters. The molecule has 1 N–H and O–H groups in total. The molecule has 158 valence electrons. The molecule has 4 rings (SSSR count). The summed E-state index contributed by atoms with van der Waals surface area (Å²) in [6.45, 7) is 3.12. The van der Waals surface area contributed by atoms with Crippen LogP contribution in [0.15, 0.2) is 54.6 Å². The van der Waals surface area contributed by atoms with Crippen molar-refractivity contribution in [1.29, 1.82) is 0 Å². The van der Waals surface area contributed by atoms with Crippen LogP contribution in [0.2, 0.25) is 0 Å². The zero-order valence-corrected chi connectivity index (χ0v) is 17.8. The zero-order chi connectivity index (χ0) is 20.9. The van der Waals surface area contributed by atoms with Gasteiger partial charge in [0.15, 0.2) is 0 Å². The van der Waals surface area contributed by atoms with Crippen LogP contribution in [0, 0.1) is 18.8 Å². The minimum atomic E-state index is -0.139. The van der Waals surface area contributed by atoms with E-state index in [1.54, 1.807) is 0 Å². The molecule has 1 aliphatic heterocycles. The Morgan fingerprint density at radius 2 is 1.70 bits per heavy atom. The van der Waals surface area contributed by atoms with Crippen molar-refractivity contribution in [1.82, 2.24) is 10.2 Å². The van der Waals surface area contributed by atoms with Crippen LogP contribution in [0.4, 0.5) is 0 Å². The van der Waals surface area contributed by atoms with E-state index in [9.17, 15) is 9.59 Å². The summed E-state index contributed by atoms with van der Waals surface area (Å²) in [5, 5.41) is 3.10. The van der Waals surface area contributed by atoms with Crippen molar-refractivity contribution in [3.63, 3.8) is 0 Å². The van der Waals surface area contributed by atoms with E-state index in [-0.39, 0.29) is 29.7 Å². The number of carbonyl (C=O) groups excluding carboxylic acids is 2. The molecule has 2 fully saturated rings. The number of carbonyl (C=O) groups is 2. The highest BCUT2D eigenvalue weighted by Crippen LogP contribution is 2.37.